The van der Waals surface area contributed by atoms with Crippen molar-refractivity contribution in [1.29, 1.82) is 0 Å². The number of para-hydroxylation sites is 2. The zero-order valence-electron chi connectivity index (χ0n) is 17.4. The van der Waals surface area contributed by atoms with Gasteiger partial charge in [-0.3, -0.25) is 0 Å². The van der Waals surface area contributed by atoms with E-state index in [2.05, 4.69) is 34.9 Å². The van der Waals surface area contributed by atoms with Crippen LogP contribution >= 0.6 is 12.4 Å². The highest BCUT2D eigenvalue weighted by Crippen LogP contribution is 2.34. The van der Waals surface area contributed by atoms with Gasteiger partial charge in [-0.25, -0.2) is 4.98 Å². The summed E-state index contributed by atoms with van der Waals surface area (Å²) in [4.78, 5) is 4.96. The largest absolute Gasteiger partial charge is 0.491 e. The molecular weight excluding hydrogens is 396 g/mol. The molecule has 1 saturated carbocycles. The van der Waals surface area contributed by atoms with E-state index in [4.69, 9.17) is 9.72 Å². The lowest BCUT2D eigenvalue weighted by Crippen LogP contribution is -2.25. The van der Waals surface area contributed by atoms with Crippen molar-refractivity contribution in [2.75, 3.05) is 6.61 Å². The normalized spacial score (nSPS) is 17.5. The minimum absolute atomic E-state index is 0. The molecule has 4 nitrogen and oxygen atoms in total. The summed E-state index contributed by atoms with van der Waals surface area (Å²) in [6.45, 7) is 0.826. The number of halogens is 1. The molecule has 0 spiro atoms. The minimum Gasteiger partial charge on any atom is -0.491 e. The number of aryl methyl sites for hydroxylation is 2. The van der Waals surface area contributed by atoms with Crippen LogP contribution in [0.2, 0.25) is 0 Å². The van der Waals surface area contributed by atoms with E-state index in [1.807, 2.05) is 12.1 Å². The van der Waals surface area contributed by atoms with Gasteiger partial charge in [0, 0.05) is 5.92 Å². The fourth-order valence-corrected chi connectivity index (χ4v) is 5.05. The molecule has 5 rings (SSSR count). The Kier molecular flexibility index (Phi) is 6.64. The number of aliphatic hydroxyl groups is 1. The molecule has 1 aromatic heterocycles. The molecule has 1 unspecified atom stereocenters. The molecule has 1 N–H and O–H groups in total. The van der Waals surface area contributed by atoms with E-state index in [0.29, 0.717) is 19.1 Å². The van der Waals surface area contributed by atoms with Crippen molar-refractivity contribution in [2.45, 2.75) is 69.9 Å². The fourth-order valence-electron chi connectivity index (χ4n) is 5.05. The summed E-state index contributed by atoms with van der Waals surface area (Å²) in [6, 6.07) is 14.6. The van der Waals surface area contributed by atoms with Gasteiger partial charge < -0.3 is 14.4 Å². The van der Waals surface area contributed by atoms with Crippen LogP contribution in [0.15, 0.2) is 42.5 Å². The van der Waals surface area contributed by atoms with Gasteiger partial charge in [-0.05, 0) is 67.5 Å². The first-order chi connectivity index (χ1) is 14.3. The Morgan fingerprint density at radius 3 is 2.67 bits per heavy atom. The lowest BCUT2D eigenvalue weighted by molar-refractivity contribution is 0.0921. The number of imidazole rings is 1. The Morgan fingerprint density at radius 1 is 1.00 bits per heavy atom. The molecule has 2 aliphatic carbocycles. The van der Waals surface area contributed by atoms with Crippen molar-refractivity contribution in [3.8, 4) is 5.75 Å². The molecule has 1 fully saturated rings. The second-order valence-corrected chi connectivity index (χ2v) is 8.65. The molecule has 0 amide bonds. The van der Waals surface area contributed by atoms with Crippen molar-refractivity contribution < 1.29 is 9.84 Å². The van der Waals surface area contributed by atoms with Gasteiger partial charge in [-0.2, -0.15) is 0 Å². The number of hydrogen-bond acceptors (Lipinski definition) is 3. The van der Waals surface area contributed by atoms with Gasteiger partial charge in [0.15, 0.2) is 0 Å². The van der Waals surface area contributed by atoms with Crippen LogP contribution in [-0.4, -0.2) is 27.4 Å². The first-order valence-electron chi connectivity index (χ1n) is 11.2. The summed E-state index contributed by atoms with van der Waals surface area (Å²) in [5.41, 5.74) is 4.99. The molecule has 5 heteroatoms. The number of aromatic nitrogens is 2. The Morgan fingerprint density at radius 2 is 1.80 bits per heavy atom. The second-order valence-electron chi connectivity index (χ2n) is 8.65. The number of hydrogen-bond donors (Lipinski definition) is 1. The predicted molar refractivity (Wildman–Crippen MR) is 123 cm³/mol. The van der Waals surface area contributed by atoms with Crippen molar-refractivity contribution in [1.82, 2.24) is 9.55 Å². The van der Waals surface area contributed by atoms with Crippen LogP contribution < -0.4 is 4.74 Å². The summed E-state index contributed by atoms with van der Waals surface area (Å²) in [7, 11) is 0. The number of ether oxygens (including phenoxy) is 1. The quantitative estimate of drug-likeness (QED) is 0.571. The van der Waals surface area contributed by atoms with Crippen molar-refractivity contribution >= 4 is 23.4 Å². The van der Waals surface area contributed by atoms with Crippen LogP contribution in [0.1, 0.15) is 61.4 Å². The molecular formula is C25H31ClN2O2. The maximum Gasteiger partial charge on any atom is 0.119 e. The molecule has 1 atom stereocenters. The molecule has 30 heavy (non-hydrogen) atoms. The van der Waals surface area contributed by atoms with E-state index >= 15 is 0 Å². The number of benzene rings is 2. The van der Waals surface area contributed by atoms with Gasteiger partial charge in [-0.15, -0.1) is 12.4 Å². The third-order valence-electron chi connectivity index (χ3n) is 6.56. The summed E-state index contributed by atoms with van der Waals surface area (Å²) in [5, 5.41) is 10.8. The summed E-state index contributed by atoms with van der Waals surface area (Å²) in [5.74, 6) is 2.51. The van der Waals surface area contributed by atoms with Crippen LogP contribution in [0, 0.1) is 0 Å². The molecule has 0 radical (unpaired) electrons. The average molecular weight is 427 g/mol. The number of fused-ring (bicyclic) bond motifs is 2. The van der Waals surface area contributed by atoms with E-state index in [1.54, 1.807) is 0 Å². The minimum atomic E-state index is -0.566. The Bertz CT molecular complexity index is 994. The first kappa shape index (κ1) is 21.2. The number of rotatable bonds is 6. The molecule has 0 saturated heterocycles. The van der Waals surface area contributed by atoms with Gasteiger partial charge in [0.2, 0.25) is 0 Å². The molecule has 0 bridgehead atoms. The van der Waals surface area contributed by atoms with E-state index in [1.165, 1.54) is 56.1 Å². The molecule has 1 heterocycles. The molecule has 3 aromatic rings. The van der Waals surface area contributed by atoms with Crippen molar-refractivity contribution in [3.63, 3.8) is 0 Å². The summed E-state index contributed by atoms with van der Waals surface area (Å²) < 4.78 is 8.19. The SMILES string of the molecule is Cl.OC(COc1ccc2c(c1)CCC2)Cn1c(C2CCCCC2)nc2ccccc21. The second kappa shape index (κ2) is 9.40. The lowest BCUT2D eigenvalue weighted by Gasteiger charge is -2.23. The number of aliphatic hydroxyl groups excluding tert-OH is 1. The third-order valence-corrected chi connectivity index (χ3v) is 6.56. The standard InChI is InChI=1S/C25H30N2O2.ClH/c28-21(17-29-22-14-13-18-9-6-10-20(18)15-22)16-27-24-12-5-4-11-23(24)26-25(27)19-7-2-1-3-8-19;/h4-5,11-15,19,21,28H,1-3,6-10,16-17H2;1H. The average Bonchev–Trinajstić information content (AvgIpc) is 3.37. The molecule has 2 aromatic carbocycles. The third kappa shape index (κ3) is 4.35. The van der Waals surface area contributed by atoms with E-state index in [0.717, 1.165) is 29.0 Å². The highest BCUT2D eigenvalue weighted by Gasteiger charge is 2.23. The monoisotopic (exact) mass is 426 g/mol. The van der Waals surface area contributed by atoms with E-state index < -0.39 is 6.10 Å². The highest BCUT2D eigenvalue weighted by molar-refractivity contribution is 5.85. The number of nitrogens with zero attached hydrogens (tertiary/aromatic N) is 2. The van der Waals surface area contributed by atoms with Crippen LogP contribution in [0.3, 0.4) is 0 Å². The molecule has 2 aliphatic rings. The molecule has 0 aliphatic heterocycles. The highest BCUT2D eigenvalue weighted by atomic mass is 35.5. The predicted octanol–water partition coefficient (Wildman–Crippen LogP) is 5.43. The molecule has 160 valence electrons. The maximum absolute atomic E-state index is 10.8. The van der Waals surface area contributed by atoms with Crippen LogP contribution in [0.25, 0.3) is 11.0 Å². The van der Waals surface area contributed by atoms with Gasteiger partial charge >= 0.3 is 0 Å². The van der Waals surface area contributed by atoms with Crippen LogP contribution in [0.4, 0.5) is 0 Å². The summed E-state index contributed by atoms with van der Waals surface area (Å²) in [6.07, 6.45) is 9.26. The van der Waals surface area contributed by atoms with Gasteiger partial charge in [0.25, 0.3) is 0 Å². The maximum atomic E-state index is 10.8. The summed E-state index contributed by atoms with van der Waals surface area (Å²) >= 11 is 0. The van der Waals surface area contributed by atoms with Crippen LogP contribution in [0.5, 0.6) is 5.75 Å². The van der Waals surface area contributed by atoms with Gasteiger partial charge in [0.05, 0.1) is 17.6 Å². The zero-order chi connectivity index (χ0) is 19.6. The van der Waals surface area contributed by atoms with Gasteiger partial charge in [-0.1, -0.05) is 37.5 Å². The van der Waals surface area contributed by atoms with E-state index in [9.17, 15) is 5.11 Å². The Labute approximate surface area is 184 Å². The Hall–Kier alpha value is -2.04. The topological polar surface area (TPSA) is 47.3 Å². The Balaban J connectivity index is 0.00000218. The first-order valence-corrected chi connectivity index (χ1v) is 11.2. The lowest BCUT2D eigenvalue weighted by atomic mass is 9.88. The smallest absolute Gasteiger partial charge is 0.119 e. The van der Waals surface area contributed by atoms with Crippen LogP contribution in [-0.2, 0) is 19.4 Å². The van der Waals surface area contributed by atoms with Crippen molar-refractivity contribution in [3.05, 3.63) is 59.4 Å². The van der Waals surface area contributed by atoms with E-state index in [-0.39, 0.29) is 12.4 Å². The fraction of sp³-hybridized carbons (Fsp3) is 0.480. The zero-order valence-corrected chi connectivity index (χ0v) is 18.2. The van der Waals surface area contributed by atoms with Crippen molar-refractivity contribution in [2.24, 2.45) is 0 Å². The van der Waals surface area contributed by atoms with Gasteiger partial charge in [0.1, 0.15) is 24.3 Å².